The Morgan fingerprint density at radius 1 is 1.26 bits per heavy atom. The lowest BCUT2D eigenvalue weighted by molar-refractivity contribution is -0.144. The Hall–Kier alpha value is -2.40. The zero-order valence-corrected chi connectivity index (χ0v) is 16.1. The van der Waals surface area contributed by atoms with Crippen molar-refractivity contribution < 1.29 is 14.3 Å². The van der Waals surface area contributed by atoms with Crippen LogP contribution in [0.3, 0.4) is 0 Å². The van der Waals surface area contributed by atoms with E-state index in [4.69, 9.17) is 16.3 Å². The van der Waals surface area contributed by atoms with Crippen LogP contribution >= 0.6 is 11.6 Å². The number of hydrogen-bond acceptors (Lipinski definition) is 4. The van der Waals surface area contributed by atoms with E-state index in [9.17, 15) is 9.59 Å². The molecule has 1 amide bonds. The molecule has 2 unspecified atom stereocenters. The fourth-order valence-electron chi connectivity index (χ4n) is 3.22. The third-order valence-electron chi connectivity index (χ3n) is 4.70. The summed E-state index contributed by atoms with van der Waals surface area (Å²) in [6, 6.07) is 11.4. The number of aromatic nitrogens is 1. The number of pyridine rings is 1. The molecule has 1 aliphatic rings. The lowest BCUT2D eigenvalue weighted by Gasteiger charge is -2.23. The van der Waals surface area contributed by atoms with E-state index in [1.165, 1.54) is 0 Å². The number of hydrogen-bond donors (Lipinski definition) is 0. The van der Waals surface area contributed by atoms with Crippen molar-refractivity contribution in [1.82, 2.24) is 9.88 Å². The molecule has 0 aliphatic heterocycles. The van der Waals surface area contributed by atoms with Crippen LogP contribution in [0.1, 0.15) is 36.8 Å². The number of nitrogens with zero attached hydrogens (tertiary/aromatic N) is 2. The SMILES string of the molecule is CCOC(=O)CCN(Cc1cccnc1)C(=O)C1CC1c1ccc(Cl)cc1. The molecule has 2 aromatic rings. The van der Waals surface area contributed by atoms with Crippen LogP contribution in [0.4, 0.5) is 0 Å². The first kappa shape index (κ1) is 19.4. The van der Waals surface area contributed by atoms with Crippen molar-refractivity contribution in [3.63, 3.8) is 0 Å². The molecule has 3 rings (SSSR count). The van der Waals surface area contributed by atoms with Crippen molar-refractivity contribution in [3.8, 4) is 0 Å². The highest BCUT2D eigenvalue weighted by molar-refractivity contribution is 6.30. The minimum absolute atomic E-state index is 0.0509. The van der Waals surface area contributed by atoms with Crippen molar-refractivity contribution in [2.24, 2.45) is 5.92 Å². The van der Waals surface area contributed by atoms with Gasteiger partial charge in [-0.25, -0.2) is 0 Å². The summed E-state index contributed by atoms with van der Waals surface area (Å²) in [5.74, 6) is -0.0477. The van der Waals surface area contributed by atoms with Gasteiger partial charge in [-0.2, -0.15) is 0 Å². The van der Waals surface area contributed by atoms with E-state index in [0.29, 0.717) is 24.7 Å². The highest BCUT2D eigenvalue weighted by Crippen LogP contribution is 2.48. The first-order valence-corrected chi connectivity index (χ1v) is 9.55. The van der Waals surface area contributed by atoms with Gasteiger partial charge in [-0.05, 0) is 48.6 Å². The number of ether oxygens (including phenoxy) is 1. The molecule has 0 N–H and O–H groups in total. The molecule has 5 nitrogen and oxygen atoms in total. The first-order valence-electron chi connectivity index (χ1n) is 9.17. The second kappa shape index (κ2) is 9.00. The molecule has 1 heterocycles. The van der Waals surface area contributed by atoms with Gasteiger partial charge in [-0.3, -0.25) is 14.6 Å². The Morgan fingerprint density at radius 2 is 2.04 bits per heavy atom. The maximum Gasteiger partial charge on any atom is 0.307 e. The first-order chi connectivity index (χ1) is 13.1. The number of rotatable bonds is 8. The molecule has 1 aliphatic carbocycles. The lowest BCUT2D eigenvalue weighted by Crippen LogP contribution is -2.34. The van der Waals surface area contributed by atoms with Gasteiger partial charge in [0.2, 0.25) is 5.91 Å². The number of carbonyl (C=O) groups is 2. The minimum Gasteiger partial charge on any atom is -0.466 e. The van der Waals surface area contributed by atoms with Crippen LogP contribution in [0.25, 0.3) is 0 Å². The molecule has 1 fully saturated rings. The Morgan fingerprint density at radius 3 is 2.70 bits per heavy atom. The van der Waals surface area contributed by atoms with Gasteiger partial charge < -0.3 is 9.64 Å². The predicted molar refractivity (Wildman–Crippen MR) is 103 cm³/mol. The van der Waals surface area contributed by atoms with Crippen LogP contribution in [0.5, 0.6) is 0 Å². The number of benzene rings is 1. The Bertz CT molecular complexity index is 780. The van der Waals surface area contributed by atoms with Crippen molar-refractivity contribution in [2.75, 3.05) is 13.2 Å². The minimum atomic E-state index is -0.286. The van der Waals surface area contributed by atoms with Gasteiger partial charge in [0.1, 0.15) is 0 Å². The molecule has 1 aromatic carbocycles. The van der Waals surface area contributed by atoms with E-state index in [2.05, 4.69) is 4.98 Å². The van der Waals surface area contributed by atoms with E-state index in [1.54, 1.807) is 24.2 Å². The molecular weight excluding hydrogens is 364 g/mol. The van der Waals surface area contributed by atoms with E-state index >= 15 is 0 Å². The fourth-order valence-corrected chi connectivity index (χ4v) is 3.35. The molecule has 0 radical (unpaired) electrons. The van der Waals surface area contributed by atoms with Gasteiger partial charge in [-0.1, -0.05) is 29.8 Å². The third kappa shape index (κ3) is 5.30. The van der Waals surface area contributed by atoms with Crippen molar-refractivity contribution in [2.45, 2.75) is 32.2 Å². The molecule has 0 spiro atoms. The fraction of sp³-hybridized carbons (Fsp3) is 0.381. The van der Waals surface area contributed by atoms with Crippen LogP contribution in [-0.2, 0) is 20.9 Å². The Balaban J connectivity index is 1.66. The Labute approximate surface area is 164 Å². The third-order valence-corrected chi connectivity index (χ3v) is 4.96. The van der Waals surface area contributed by atoms with Crippen LogP contribution in [0.15, 0.2) is 48.8 Å². The smallest absolute Gasteiger partial charge is 0.307 e. The largest absolute Gasteiger partial charge is 0.466 e. The topological polar surface area (TPSA) is 59.5 Å². The second-order valence-electron chi connectivity index (χ2n) is 6.68. The second-order valence-corrected chi connectivity index (χ2v) is 7.11. The number of esters is 1. The average molecular weight is 387 g/mol. The average Bonchev–Trinajstić information content (AvgIpc) is 3.47. The molecule has 6 heteroatoms. The molecule has 1 aromatic heterocycles. The molecule has 1 saturated carbocycles. The van der Waals surface area contributed by atoms with Gasteiger partial charge in [0.25, 0.3) is 0 Å². The van der Waals surface area contributed by atoms with Crippen molar-refractivity contribution in [1.29, 1.82) is 0 Å². The normalized spacial score (nSPS) is 18.0. The summed E-state index contributed by atoms with van der Waals surface area (Å²) in [6.45, 7) is 2.90. The summed E-state index contributed by atoms with van der Waals surface area (Å²) >= 11 is 5.95. The van der Waals surface area contributed by atoms with E-state index in [1.807, 2.05) is 36.4 Å². The Kier molecular flexibility index (Phi) is 6.45. The van der Waals surface area contributed by atoms with Gasteiger partial charge in [0.15, 0.2) is 0 Å². The maximum absolute atomic E-state index is 13.1. The predicted octanol–water partition coefficient (Wildman–Crippen LogP) is 3.82. The van der Waals surface area contributed by atoms with Crippen molar-refractivity contribution in [3.05, 3.63) is 64.9 Å². The maximum atomic E-state index is 13.1. The number of amides is 1. The van der Waals surface area contributed by atoms with Gasteiger partial charge in [0, 0.05) is 36.4 Å². The lowest BCUT2D eigenvalue weighted by atomic mass is 10.1. The van der Waals surface area contributed by atoms with E-state index < -0.39 is 0 Å². The quantitative estimate of drug-likeness (QED) is 0.647. The van der Waals surface area contributed by atoms with Crippen LogP contribution in [0.2, 0.25) is 5.02 Å². The van der Waals surface area contributed by atoms with E-state index in [-0.39, 0.29) is 30.1 Å². The summed E-state index contributed by atoms with van der Waals surface area (Å²) in [5.41, 5.74) is 2.07. The number of halogens is 1. The summed E-state index contributed by atoms with van der Waals surface area (Å²) < 4.78 is 5.00. The monoisotopic (exact) mass is 386 g/mol. The molecule has 2 atom stereocenters. The summed E-state index contributed by atoms with van der Waals surface area (Å²) in [7, 11) is 0. The van der Waals surface area contributed by atoms with Crippen LogP contribution in [0, 0.1) is 5.92 Å². The van der Waals surface area contributed by atoms with Gasteiger partial charge in [-0.15, -0.1) is 0 Å². The number of carbonyl (C=O) groups excluding carboxylic acids is 2. The highest BCUT2D eigenvalue weighted by atomic mass is 35.5. The zero-order valence-electron chi connectivity index (χ0n) is 15.3. The molecular formula is C21H23ClN2O3. The molecule has 27 heavy (non-hydrogen) atoms. The highest BCUT2D eigenvalue weighted by Gasteiger charge is 2.45. The molecule has 0 saturated heterocycles. The van der Waals surface area contributed by atoms with Gasteiger partial charge in [0.05, 0.1) is 13.0 Å². The summed E-state index contributed by atoms with van der Waals surface area (Å²) in [6.07, 6.45) is 4.46. The molecule has 142 valence electrons. The van der Waals surface area contributed by atoms with Gasteiger partial charge >= 0.3 is 5.97 Å². The summed E-state index contributed by atoms with van der Waals surface area (Å²) in [5, 5.41) is 0.690. The summed E-state index contributed by atoms with van der Waals surface area (Å²) in [4.78, 5) is 30.7. The van der Waals surface area contributed by atoms with E-state index in [0.717, 1.165) is 17.5 Å². The standard InChI is InChI=1S/C21H23ClN2O3/c1-2-27-20(25)9-11-24(14-15-4-3-10-23-13-15)21(26)19-12-18(19)16-5-7-17(22)8-6-16/h3-8,10,13,18-19H,2,9,11-12,14H2,1H3. The van der Waals surface area contributed by atoms with Crippen LogP contribution < -0.4 is 0 Å². The molecule has 0 bridgehead atoms. The zero-order chi connectivity index (χ0) is 19.2. The van der Waals surface area contributed by atoms with Crippen molar-refractivity contribution >= 4 is 23.5 Å². The van der Waals surface area contributed by atoms with Crippen LogP contribution in [-0.4, -0.2) is 34.9 Å².